The summed E-state index contributed by atoms with van der Waals surface area (Å²) < 4.78 is 0. The zero-order valence-corrected chi connectivity index (χ0v) is 10.9. The molecule has 1 saturated carbocycles. The third kappa shape index (κ3) is 3.07. The van der Waals surface area contributed by atoms with Gasteiger partial charge in [-0.25, -0.2) is 0 Å². The predicted molar refractivity (Wildman–Crippen MR) is 68.0 cm³/mol. The van der Waals surface area contributed by atoms with E-state index in [0.29, 0.717) is 11.5 Å². The molecule has 0 amide bonds. The molecule has 1 heteroatoms. The molecule has 1 N–H and O–H groups in total. The molecule has 2 atom stereocenters. The quantitative estimate of drug-likeness (QED) is 0.680. The first-order valence-corrected chi connectivity index (χ1v) is 6.38. The highest BCUT2D eigenvalue weighted by molar-refractivity contribution is 5.08. The topological polar surface area (TPSA) is 12.0 Å². The summed E-state index contributed by atoms with van der Waals surface area (Å²) in [6, 6.07) is 0.530. The zero-order chi connectivity index (χ0) is 11.5. The minimum atomic E-state index is 0.490. The third-order valence-electron chi connectivity index (χ3n) is 3.89. The van der Waals surface area contributed by atoms with Gasteiger partial charge in [-0.05, 0) is 44.1 Å². The lowest BCUT2D eigenvalue weighted by molar-refractivity contribution is 0.214. The van der Waals surface area contributed by atoms with Crippen molar-refractivity contribution in [1.82, 2.24) is 5.32 Å². The molecule has 0 aliphatic heterocycles. The number of hydrogen-bond acceptors (Lipinski definition) is 1. The van der Waals surface area contributed by atoms with Gasteiger partial charge in [0.2, 0.25) is 0 Å². The van der Waals surface area contributed by atoms with E-state index in [1.165, 1.54) is 31.3 Å². The predicted octanol–water partition coefficient (Wildman–Crippen LogP) is 3.76. The van der Waals surface area contributed by atoms with Gasteiger partial charge in [-0.3, -0.25) is 0 Å². The van der Waals surface area contributed by atoms with Crippen LogP contribution in [0.1, 0.15) is 53.4 Å². The van der Waals surface area contributed by atoms with E-state index < -0.39 is 0 Å². The van der Waals surface area contributed by atoms with E-state index in [2.05, 4.69) is 39.6 Å². The Balaban J connectivity index is 2.66. The molecule has 0 aromatic carbocycles. The van der Waals surface area contributed by atoms with Crippen molar-refractivity contribution in [1.29, 1.82) is 0 Å². The van der Waals surface area contributed by atoms with Crippen molar-refractivity contribution in [3.05, 3.63) is 12.2 Å². The van der Waals surface area contributed by atoms with Gasteiger partial charge in [0.15, 0.2) is 0 Å². The second-order valence-corrected chi connectivity index (χ2v) is 5.77. The van der Waals surface area contributed by atoms with Crippen LogP contribution < -0.4 is 5.32 Å². The monoisotopic (exact) mass is 209 g/mol. The van der Waals surface area contributed by atoms with Crippen molar-refractivity contribution in [2.24, 2.45) is 11.3 Å². The van der Waals surface area contributed by atoms with Gasteiger partial charge in [-0.2, -0.15) is 0 Å². The SMILES string of the molecule is C=C(C)C(NCCC)C1CCCC1(C)C. The van der Waals surface area contributed by atoms with Crippen LogP contribution in [0.3, 0.4) is 0 Å². The summed E-state index contributed by atoms with van der Waals surface area (Å²) in [5.74, 6) is 0.779. The Labute approximate surface area is 95.3 Å². The first kappa shape index (κ1) is 12.8. The van der Waals surface area contributed by atoms with E-state index in [1.54, 1.807) is 0 Å². The van der Waals surface area contributed by atoms with Crippen LogP contribution in [0.5, 0.6) is 0 Å². The second kappa shape index (κ2) is 5.16. The van der Waals surface area contributed by atoms with Crippen molar-refractivity contribution in [2.45, 2.75) is 59.4 Å². The first-order valence-electron chi connectivity index (χ1n) is 6.38. The minimum Gasteiger partial charge on any atom is -0.310 e. The Morgan fingerprint density at radius 3 is 2.60 bits per heavy atom. The van der Waals surface area contributed by atoms with Crippen LogP contribution in [0, 0.1) is 11.3 Å². The van der Waals surface area contributed by atoms with Gasteiger partial charge in [0, 0.05) is 6.04 Å². The summed E-state index contributed by atoms with van der Waals surface area (Å²) >= 11 is 0. The van der Waals surface area contributed by atoms with Crippen LogP contribution in [0.15, 0.2) is 12.2 Å². The van der Waals surface area contributed by atoms with Crippen molar-refractivity contribution in [3.63, 3.8) is 0 Å². The summed E-state index contributed by atoms with van der Waals surface area (Å²) in [7, 11) is 0. The number of rotatable bonds is 5. The molecular formula is C14H27N. The minimum absolute atomic E-state index is 0.490. The van der Waals surface area contributed by atoms with E-state index in [4.69, 9.17) is 0 Å². The van der Waals surface area contributed by atoms with Gasteiger partial charge in [0.1, 0.15) is 0 Å². The summed E-state index contributed by atoms with van der Waals surface area (Å²) in [4.78, 5) is 0. The summed E-state index contributed by atoms with van der Waals surface area (Å²) in [5, 5.41) is 3.67. The molecule has 1 nitrogen and oxygen atoms in total. The van der Waals surface area contributed by atoms with Crippen LogP contribution >= 0.6 is 0 Å². The van der Waals surface area contributed by atoms with Crippen LogP contribution in [0.4, 0.5) is 0 Å². The highest BCUT2D eigenvalue weighted by Gasteiger charge is 2.39. The molecule has 15 heavy (non-hydrogen) atoms. The lowest BCUT2D eigenvalue weighted by Crippen LogP contribution is -2.41. The molecule has 2 unspecified atom stereocenters. The van der Waals surface area contributed by atoms with E-state index in [1.807, 2.05) is 0 Å². The van der Waals surface area contributed by atoms with E-state index >= 15 is 0 Å². The van der Waals surface area contributed by atoms with E-state index in [0.717, 1.165) is 12.5 Å². The molecule has 0 radical (unpaired) electrons. The first-order chi connectivity index (χ1) is 6.99. The molecule has 0 aromatic rings. The van der Waals surface area contributed by atoms with Gasteiger partial charge < -0.3 is 5.32 Å². The Hall–Kier alpha value is -0.300. The molecule has 1 fully saturated rings. The fourth-order valence-corrected chi connectivity index (χ4v) is 2.93. The lowest BCUT2D eigenvalue weighted by atomic mass is 9.75. The molecule has 0 heterocycles. The fraction of sp³-hybridized carbons (Fsp3) is 0.857. The van der Waals surface area contributed by atoms with Crippen LogP contribution in [-0.4, -0.2) is 12.6 Å². The van der Waals surface area contributed by atoms with Crippen LogP contribution in [-0.2, 0) is 0 Å². The summed E-state index contributed by atoms with van der Waals surface area (Å²) in [6.45, 7) is 14.5. The second-order valence-electron chi connectivity index (χ2n) is 5.77. The van der Waals surface area contributed by atoms with Crippen molar-refractivity contribution < 1.29 is 0 Å². The Morgan fingerprint density at radius 1 is 1.53 bits per heavy atom. The molecular weight excluding hydrogens is 182 g/mol. The highest BCUT2D eigenvalue weighted by atomic mass is 14.9. The number of hydrogen-bond donors (Lipinski definition) is 1. The summed E-state index contributed by atoms with van der Waals surface area (Å²) in [6.07, 6.45) is 5.32. The Bertz CT molecular complexity index is 217. The highest BCUT2D eigenvalue weighted by Crippen LogP contribution is 2.45. The maximum Gasteiger partial charge on any atom is 0.0307 e. The van der Waals surface area contributed by atoms with E-state index in [-0.39, 0.29) is 0 Å². The molecule has 0 saturated heterocycles. The molecule has 0 spiro atoms. The van der Waals surface area contributed by atoms with Crippen molar-refractivity contribution >= 4 is 0 Å². The summed E-state index contributed by atoms with van der Waals surface area (Å²) in [5.41, 5.74) is 1.80. The normalized spacial score (nSPS) is 26.5. The fourth-order valence-electron chi connectivity index (χ4n) is 2.93. The smallest absolute Gasteiger partial charge is 0.0307 e. The van der Waals surface area contributed by atoms with Crippen molar-refractivity contribution in [3.8, 4) is 0 Å². The third-order valence-corrected chi connectivity index (χ3v) is 3.89. The Morgan fingerprint density at radius 2 is 2.20 bits per heavy atom. The van der Waals surface area contributed by atoms with Gasteiger partial charge in [-0.1, -0.05) is 39.3 Å². The molecule has 0 bridgehead atoms. The molecule has 0 aromatic heterocycles. The zero-order valence-electron chi connectivity index (χ0n) is 10.9. The Kier molecular flexibility index (Phi) is 4.39. The molecule has 88 valence electrons. The van der Waals surface area contributed by atoms with Gasteiger partial charge in [0.05, 0.1) is 0 Å². The maximum absolute atomic E-state index is 4.16. The van der Waals surface area contributed by atoms with Crippen LogP contribution in [0.2, 0.25) is 0 Å². The average molecular weight is 209 g/mol. The van der Waals surface area contributed by atoms with Crippen LogP contribution in [0.25, 0.3) is 0 Å². The largest absolute Gasteiger partial charge is 0.310 e. The van der Waals surface area contributed by atoms with Gasteiger partial charge in [0.25, 0.3) is 0 Å². The van der Waals surface area contributed by atoms with E-state index in [9.17, 15) is 0 Å². The van der Waals surface area contributed by atoms with Gasteiger partial charge >= 0.3 is 0 Å². The molecule has 1 aliphatic rings. The lowest BCUT2D eigenvalue weighted by Gasteiger charge is -2.35. The molecule has 1 rings (SSSR count). The average Bonchev–Trinajstić information content (AvgIpc) is 2.46. The number of nitrogens with one attached hydrogen (secondary N) is 1. The van der Waals surface area contributed by atoms with Crippen molar-refractivity contribution in [2.75, 3.05) is 6.54 Å². The standard InChI is InChI=1S/C14H27N/c1-6-10-15-13(11(2)3)12-8-7-9-14(12,4)5/h12-13,15H,2,6-10H2,1,3-5H3. The molecule has 1 aliphatic carbocycles. The maximum atomic E-state index is 4.16. The van der Waals surface area contributed by atoms with Gasteiger partial charge in [-0.15, -0.1) is 0 Å².